The van der Waals surface area contributed by atoms with Gasteiger partial charge in [-0.25, -0.2) is 4.98 Å². The van der Waals surface area contributed by atoms with Crippen molar-refractivity contribution in [1.82, 2.24) is 19.6 Å². The number of nitrogens with one attached hydrogen (secondary N) is 1. The van der Waals surface area contributed by atoms with Crippen molar-refractivity contribution < 1.29 is 9.53 Å². The maximum absolute atomic E-state index is 12.6. The quantitative estimate of drug-likeness (QED) is 0.750. The maximum atomic E-state index is 12.6. The fourth-order valence-electron chi connectivity index (χ4n) is 3.48. The van der Waals surface area contributed by atoms with Crippen molar-refractivity contribution >= 4 is 11.6 Å². The van der Waals surface area contributed by atoms with Crippen molar-refractivity contribution in [3.63, 3.8) is 0 Å². The van der Waals surface area contributed by atoms with Gasteiger partial charge in [-0.3, -0.25) is 14.0 Å². The third-order valence-corrected chi connectivity index (χ3v) is 4.91. The summed E-state index contributed by atoms with van der Waals surface area (Å²) >= 11 is 0. The SMILES string of the molecule is COCCCN1CCC(CNC(=O)c2cnc3cccc(C)n3c2=O)C1. The number of hydrogen-bond acceptors (Lipinski definition) is 5. The highest BCUT2D eigenvalue weighted by atomic mass is 16.5. The van der Waals surface area contributed by atoms with Gasteiger partial charge in [0.15, 0.2) is 0 Å². The third-order valence-electron chi connectivity index (χ3n) is 4.91. The lowest BCUT2D eigenvalue weighted by Crippen LogP contribution is -2.35. The molecule has 140 valence electrons. The molecule has 0 aliphatic carbocycles. The molecule has 3 heterocycles. The number of nitrogens with zero attached hydrogens (tertiary/aromatic N) is 3. The first-order valence-corrected chi connectivity index (χ1v) is 9.07. The first-order valence-electron chi connectivity index (χ1n) is 9.07. The van der Waals surface area contributed by atoms with Crippen molar-refractivity contribution in [2.45, 2.75) is 19.8 Å². The van der Waals surface area contributed by atoms with E-state index >= 15 is 0 Å². The molecule has 1 atom stereocenters. The van der Waals surface area contributed by atoms with Gasteiger partial charge in [-0.05, 0) is 44.4 Å². The molecule has 26 heavy (non-hydrogen) atoms. The third kappa shape index (κ3) is 4.11. The van der Waals surface area contributed by atoms with Crippen LogP contribution in [0.1, 0.15) is 28.9 Å². The minimum Gasteiger partial charge on any atom is -0.385 e. The normalized spacial score (nSPS) is 17.7. The highest BCUT2D eigenvalue weighted by Gasteiger charge is 2.23. The van der Waals surface area contributed by atoms with Crippen LogP contribution in [0.25, 0.3) is 5.65 Å². The zero-order valence-corrected chi connectivity index (χ0v) is 15.4. The van der Waals surface area contributed by atoms with Gasteiger partial charge in [-0.1, -0.05) is 6.07 Å². The van der Waals surface area contributed by atoms with E-state index in [4.69, 9.17) is 4.74 Å². The highest BCUT2D eigenvalue weighted by molar-refractivity contribution is 5.93. The second kappa shape index (κ2) is 8.42. The summed E-state index contributed by atoms with van der Waals surface area (Å²) in [6, 6.07) is 5.43. The van der Waals surface area contributed by atoms with Crippen LogP contribution in [0, 0.1) is 12.8 Å². The van der Waals surface area contributed by atoms with E-state index in [2.05, 4.69) is 15.2 Å². The Balaban J connectivity index is 1.59. The fourth-order valence-corrected chi connectivity index (χ4v) is 3.48. The first kappa shape index (κ1) is 18.5. The Bertz CT molecular complexity index is 833. The van der Waals surface area contributed by atoms with E-state index in [1.165, 1.54) is 10.6 Å². The number of aryl methyl sites for hydroxylation is 1. The lowest BCUT2D eigenvalue weighted by atomic mass is 10.1. The fraction of sp³-hybridized carbons (Fsp3) is 0.526. The molecule has 1 N–H and O–H groups in total. The molecule has 1 fully saturated rings. The van der Waals surface area contributed by atoms with Gasteiger partial charge in [0.1, 0.15) is 11.2 Å². The van der Waals surface area contributed by atoms with Gasteiger partial charge in [0.05, 0.1) is 0 Å². The second-order valence-corrected chi connectivity index (χ2v) is 6.85. The lowest BCUT2D eigenvalue weighted by molar-refractivity contribution is 0.0945. The molecule has 0 aromatic carbocycles. The van der Waals surface area contributed by atoms with Gasteiger partial charge in [0, 0.05) is 45.2 Å². The Hall–Kier alpha value is -2.25. The monoisotopic (exact) mass is 358 g/mol. The van der Waals surface area contributed by atoms with Gasteiger partial charge in [-0.15, -0.1) is 0 Å². The molecular weight excluding hydrogens is 332 g/mol. The van der Waals surface area contributed by atoms with Crippen LogP contribution in [0.3, 0.4) is 0 Å². The van der Waals surface area contributed by atoms with Gasteiger partial charge >= 0.3 is 0 Å². The number of likely N-dealkylation sites (tertiary alicyclic amines) is 1. The topological polar surface area (TPSA) is 75.9 Å². The highest BCUT2D eigenvalue weighted by Crippen LogP contribution is 2.15. The summed E-state index contributed by atoms with van der Waals surface area (Å²) in [5, 5.41) is 2.91. The van der Waals surface area contributed by atoms with Crippen LogP contribution < -0.4 is 10.9 Å². The molecule has 0 spiro atoms. The van der Waals surface area contributed by atoms with Crippen LogP contribution in [-0.4, -0.2) is 60.1 Å². The van der Waals surface area contributed by atoms with E-state index in [1.54, 1.807) is 13.2 Å². The first-order chi connectivity index (χ1) is 12.6. The molecule has 2 aromatic heterocycles. The number of carbonyl (C=O) groups excluding carboxylic acids is 1. The summed E-state index contributed by atoms with van der Waals surface area (Å²) in [7, 11) is 1.72. The Morgan fingerprint density at radius 3 is 3.08 bits per heavy atom. The van der Waals surface area contributed by atoms with Crippen molar-refractivity contribution in [3.8, 4) is 0 Å². The maximum Gasteiger partial charge on any atom is 0.270 e. The summed E-state index contributed by atoms with van der Waals surface area (Å²) in [5.41, 5.74) is 1.08. The number of hydrogen-bond donors (Lipinski definition) is 1. The van der Waals surface area contributed by atoms with E-state index in [0.29, 0.717) is 18.1 Å². The average molecular weight is 358 g/mol. The number of ether oxygens (including phenoxy) is 1. The smallest absolute Gasteiger partial charge is 0.270 e. The minimum absolute atomic E-state index is 0.0896. The predicted octanol–water partition coefficient (Wildman–Crippen LogP) is 1.09. The number of fused-ring (bicyclic) bond motifs is 1. The molecule has 7 heteroatoms. The summed E-state index contributed by atoms with van der Waals surface area (Å²) in [6.45, 7) is 6.22. The summed E-state index contributed by atoms with van der Waals surface area (Å²) in [4.78, 5) is 31.7. The van der Waals surface area contributed by atoms with Crippen LogP contribution in [0.5, 0.6) is 0 Å². The number of carbonyl (C=O) groups is 1. The van der Waals surface area contributed by atoms with Gasteiger partial charge < -0.3 is 15.0 Å². The van der Waals surface area contributed by atoms with Crippen molar-refractivity contribution in [2.75, 3.05) is 39.9 Å². The molecule has 0 saturated carbocycles. The van der Waals surface area contributed by atoms with Crippen LogP contribution in [-0.2, 0) is 4.74 Å². The molecule has 1 unspecified atom stereocenters. The molecule has 3 rings (SSSR count). The van der Waals surface area contributed by atoms with E-state index in [0.717, 1.165) is 44.8 Å². The van der Waals surface area contributed by atoms with Gasteiger partial charge in [-0.2, -0.15) is 0 Å². The molecule has 1 aliphatic rings. The number of aromatic nitrogens is 2. The molecule has 1 aliphatic heterocycles. The second-order valence-electron chi connectivity index (χ2n) is 6.85. The number of rotatable bonds is 7. The van der Waals surface area contributed by atoms with Crippen molar-refractivity contribution in [2.24, 2.45) is 5.92 Å². The summed E-state index contributed by atoms with van der Waals surface area (Å²) in [5.74, 6) is 0.0670. The molecule has 0 radical (unpaired) electrons. The van der Waals surface area contributed by atoms with Crippen LogP contribution >= 0.6 is 0 Å². The molecular formula is C19H26N4O3. The molecule has 2 aromatic rings. The number of amides is 1. The molecule has 1 saturated heterocycles. The zero-order valence-electron chi connectivity index (χ0n) is 15.4. The molecule has 7 nitrogen and oxygen atoms in total. The Morgan fingerprint density at radius 1 is 1.42 bits per heavy atom. The Morgan fingerprint density at radius 2 is 2.27 bits per heavy atom. The number of pyridine rings is 1. The lowest BCUT2D eigenvalue weighted by Gasteiger charge is -2.16. The minimum atomic E-state index is -0.349. The van der Waals surface area contributed by atoms with Crippen molar-refractivity contribution in [3.05, 3.63) is 46.0 Å². The molecule has 1 amide bonds. The summed E-state index contributed by atoms with van der Waals surface area (Å²) in [6.07, 6.45) is 3.45. The van der Waals surface area contributed by atoms with Crippen LogP contribution in [0.4, 0.5) is 0 Å². The predicted molar refractivity (Wildman–Crippen MR) is 99.6 cm³/mol. The van der Waals surface area contributed by atoms with E-state index in [-0.39, 0.29) is 17.0 Å². The Labute approximate surface area is 153 Å². The van der Waals surface area contributed by atoms with Crippen LogP contribution in [0.15, 0.2) is 29.2 Å². The molecule has 0 bridgehead atoms. The van der Waals surface area contributed by atoms with Gasteiger partial charge in [0.25, 0.3) is 11.5 Å². The standard InChI is InChI=1S/C19H26N4O3/c1-14-5-3-6-17-20-12-16(19(25)23(14)17)18(24)21-11-15-7-9-22(13-15)8-4-10-26-2/h3,5-6,12,15H,4,7-11,13H2,1-2H3,(H,21,24). The van der Waals surface area contributed by atoms with Gasteiger partial charge in [0.2, 0.25) is 0 Å². The van der Waals surface area contributed by atoms with E-state index in [9.17, 15) is 9.59 Å². The Kier molecular flexibility index (Phi) is 6.00. The van der Waals surface area contributed by atoms with E-state index < -0.39 is 0 Å². The van der Waals surface area contributed by atoms with Crippen molar-refractivity contribution in [1.29, 1.82) is 0 Å². The average Bonchev–Trinajstić information content (AvgIpc) is 3.08. The zero-order chi connectivity index (χ0) is 18.5. The number of methoxy groups -OCH3 is 1. The summed E-state index contributed by atoms with van der Waals surface area (Å²) < 4.78 is 6.56. The largest absolute Gasteiger partial charge is 0.385 e. The van der Waals surface area contributed by atoms with Crippen LogP contribution in [0.2, 0.25) is 0 Å². The van der Waals surface area contributed by atoms with E-state index in [1.807, 2.05) is 19.1 Å².